The minimum atomic E-state index is -0.627. The maximum atomic E-state index is 13.2. The van der Waals surface area contributed by atoms with Crippen LogP contribution in [0.4, 0.5) is 4.39 Å². The quantitative estimate of drug-likeness (QED) is 0.560. The fourth-order valence-electron chi connectivity index (χ4n) is 2.74. The zero-order valence-electron chi connectivity index (χ0n) is 17.5. The molecule has 0 aromatic heterocycles. The fraction of sp³-hybridized carbons (Fsp3) is 0.391. The van der Waals surface area contributed by atoms with Gasteiger partial charge in [0.05, 0.1) is 5.75 Å². The first kappa shape index (κ1) is 24.2. The van der Waals surface area contributed by atoms with Gasteiger partial charge in [-0.15, -0.1) is 11.8 Å². The lowest BCUT2D eigenvalue weighted by atomic mass is 10.1. The van der Waals surface area contributed by atoms with Crippen LogP contribution < -0.4 is 5.32 Å². The molecule has 2 aromatic carbocycles. The van der Waals surface area contributed by atoms with Gasteiger partial charge in [-0.05, 0) is 48.2 Å². The summed E-state index contributed by atoms with van der Waals surface area (Å²) in [5, 5.41) is 3.56. The zero-order valence-corrected chi connectivity index (χ0v) is 19.1. The Hall–Kier alpha value is -2.05. The molecule has 0 radical (unpaired) electrons. The lowest BCUT2D eigenvalue weighted by Crippen LogP contribution is -2.48. The largest absolute Gasteiger partial charge is 0.354 e. The Morgan fingerprint density at radius 2 is 1.63 bits per heavy atom. The number of benzene rings is 2. The Labute approximate surface area is 187 Å². The van der Waals surface area contributed by atoms with Crippen molar-refractivity contribution in [3.8, 4) is 0 Å². The molecule has 0 saturated heterocycles. The minimum absolute atomic E-state index is 0.134. The number of nitrogens with one attached hydrogen (secondary N) is 1. The standard InChI is InChI=1S/C23H28ClFN2O2S/c1-16(2)12-26-23(29)17(3)27(13-18-6-10-21(25)11-7-18)22(28)15-30-14-19-4-8-20(24)9-5-19/h4-11,16-17H,12-15H2,1-3H3,(H,26,29). The number of rotatable bonds is 10. The highest BCUT2D eigenvalue weighted by molar-refractivity contribution is 7.99. The van der Waals surface area contributed by atoms with E-state index in [-0.39, 0.29) is 29.9 Å². The molecule has 4 nitrogen and oxygen atoms in total. The molecule has 0 aliphatic carbocycles. The van der Waals surface area contributed by atoms with E-state index in [0.717, 1.165) is 11.1 Å². The summed E-state index contributed by atoms with van der Waals surface area (Å²) in [5.74, 6) is 0.565. The van der Waals surface area contributed by atoms with Gasteiger partial charge in [-0.3, -0.25) is 9.59 Å². The van der Waals surface area contributed by atoms with Gasteiger partial charge in [0.1, 0.15) is 11.9 Å². The van der Waals surface area contributed by atoms with Crippen LogP contribution in [-0.4, -0.2) is 35.1 Å². The Bertz CT molecular complexity index is 828. The third kappa shape index (κ3) is 8.00. The predicted octanol–water partition coefficient (Wildman–Crippen LogP) is 4.90. The number of hydrogen-bond donors (Lipinski definition) is 1. The summed E-state index contributed by atoms with van der Waals surface area (Å²) in [6, 6.07) is 12.9. The molecule has 0 bridgehead atoms. The highest BCUT2D eigenvalue weighted by atomic mass is 35.5. The number of carbonyl (C=O) groups is 2. The third-order valence-corrected chi connectivity index (χ3v) is 5.77. The van der Waals surface area contributed by atoms with E-state index in [4.69, 9.17) is 11.6 Å². The maximum Gasteiger partial charge on any atom is 0.242 e. The van der Waals surface area contributed by atoms with Crippen molar-refractivity contribution in [1.82, 2.24) is 10.2 Å². The second-order valence-corrected chi connectivity index (χ2v) is 9.00. The molecule has 0 fully saturated rings. The molecule has 162 valence electrons. The van der Waals surface area contributed by atoms with E-state index in [9.17, 15) is 14.0 Å². The summed E-state index contributed by atoms with van der Waals surface area (Å²) in [5.41, 5.74) is 1.85. The molecule has 0 spiro atoms. The molecule has 2 aromatic rings. The Kier molecular flexibility index (Phi) is 9.66. The molecule has 1 N–H and O–H groups in total. The molecule has 0 aliphatic heterocycles. The van der Waals surface area contributed by atoms with Crippen LogP contribution in [0.5, 0.6) is 0 Å². The molecule has 2 amide bonds. The number of hydrogen-bond acceptors (Lipinski definition) is 3. The molecule has 2 rings (SSSR count). The van der Waals surface area contributed by atoms with Crippen molar-refractivity contribution in [3.05, 3.63) is 70.5 Å². The first-order valence-electron chi connectivity index (χ1n) is 9.90. The molecular formula is C23H28ClFN2O2S. The second kappa shape index (κ2) is 12.0. The number of halogens is 2. The van der Waals surface area contributed by atoms with Gasteiger partial charge in [0.25, 0.3) is 0 Å². The van der Waals surface area contributed by atoms with E-state index in [1.54, 1.807) is 24.0 Å². The lowest BCUT2D eigenvalue weighted by Gasteiger charge is -2.29. The Balaban J connectivity index is 2.04. The minimum Gasteiger partial charge on any atom is -0.354 e. The zero-order chi connectivity index (χ0) is 22.1. The summed E-state index contributed by atoms with van der Waals surface area (Å²) in [6.07, 6.45) is 0. The van der Waals surface area contributed by atoms with Crippen molar-refractivity contribution in [1.29, 1.82) is 0 Å². The van der Waals surface area contributed by atoms with Crippen molar-refractivity contribution in [2.24, 2.45) is 5.92 Å². The van der Waals surface area contributed by atoms with Crippen LogP contribution in [0.1, 0.15) is 31.9 Å². The van der Waals surface area contributed by atoms with Gasteiger partial charge < -0.3 is 10.2 Å². The average molecular weight is 451 g/mol. The molecule has 1 atom stereocenters. The average Bonchev–Trinajstić information content (AvgIpc) is 2.72. The number of carbonyl (C=O) groups excluding carboxylic acids is 2. The van der Waals surface area contributed by atoms with Crippen molar-refractivity contribution in [2.45, 2.75) is 39.1 Å². The summed E-state index contributed by atoms with van der Waals surface area (Å²) >= 11 is 7.39. The third-order valence-electron chi connectivity index (χ3n) is 4.53. The van der Waals surface area contributed by atoms with E-state index >= 15 is 0 Å². The van der Waals surface area contributed by atoms with Crippen LogP contribution in [0.25, 0.3) is 0 Å². The van der Waals surface area contributed by atoms with Gasteiger partial charge in [0, 0.05) is 23.9 Å². The second-order valence-electron chi connectivity index (χ2n) is 7.58. The van der Waals surface area contributed by atoms with Crippen LogP contribution in [0.2, 0.25) is 5.02 Å². The fourth-order valence-corrected chi connectivity index (χ4v) is 3.74. The molecule has 30 heavy (non-hydrogen) atoms. The Morgan fingerprint density at radius 3 is 2.23 bits per heavy atom. The molecule has 0 heterocycles. The number of nitrogens with zero attached hydrogens (tertiary/aromatic N) is 1. The smallest absolute Gasteiger partial charge is 0.242 e. The summed E-state index contributed by atoms with van der Waals surface area (Å²) in [6.45, 7) is 6.55. The highest BCUT2D eigenvalue weighted by Crippen LogP contribution is 2.18. The lowest BCUT2D eigenvalue weighted by molar-refractivity contribution is -0.138. The monoisotopic (exact) mass is 450 g/mol. The van der Waals surface area contributed by atoms with Gasteiger partial charge in [-0.25, -0.2) is 4.39 Å². The topological polar surface area (TPSA) is 49.4 Å². The van der Waals surface area contributed by atoms with Crippen LogP contribution in [0, 0.1) is 11.7 Å². The van der Waals surface area contributed by atoms with Crippen molar-refractivity contribution >= 4 is 35.2 Å². The first-order chi connectivity index (χ1) is 14.3. The van der Waals surface area contributed by atoms with Gasteiger partial charge >= 0.3 is 0 Å². The van der Waals surface area contributed by atoms with Crippen molar-refractivity contribution in [3.63, 3.8) is 0 Å². The predicted molar refractivity (Wildman–Crippen MR) is 122 cm³/mol. The summed E-state index contributed by atoms with van der Waals surface area (Å²) < 4.78 is 13.2. The van der Waals surface area contributed by atoms with E-state index in [0.29, 0.717) is 23.2 Å². The first-order valence-corrected chi connectivity index (χ1v) is 11.4. The maximum absolute atomic E-state index is 13.2. The van der Waals surface area contributed by atoms with E-state index < -0.39 is 6.04 Å². The molecular weight excluding hydrogens is 423 g/mol. The van der Waals surface area contributed by atoms with Gasteiger partial charge in [0.2, 0.25) is 11.8 Å². The van der Waals surface area contributed by atoms with Crippen molar-refractivity contribution in [2.75, 3.05) is 12.3 Å². The highest BCUT2D eigenvalue weighted by Gasteiger charge is 2.26. The van der Waals surface area contributed by atoms with E-state index in [2.05, 4.69) is 5.32 Å². The normalized spacial score (nSPS) is 11.9. The molecule has 0 saturated carbocycles. The van der Waals surface area contributed by atoms with E-state index in [1.807, 2.05) is 38.1 Å². The van der Waals surface area contributed by atoms with Gasteiger partial charge in [-0.1, -0.05) is 49.7 Å². The van der Waals surface area contributed by atoms with Crippen molar-refractivity contribution < 1.29 is 14.0 Å². The van der Waals surface area contributed by atoms with E-state index in [1.165, 1.54) is 23.9 Å². The Morgan fingerprint density at radius 1 is 1.03 bits per heavy atom. The van der Waals surface area contributed by atoms with Gasteiger partial charge in [-0.2, -0.15) is 0 Å². The van der Waals surface area contributed by atoms with Crippen LogP contribution >= 0.6 is 23.4 Å². The SMILES string of the molecule is CC(C)CNC(=O)C(C)N(Cc1ccc(F)cc1)C(=O)CSCc1ccc(Cl)cc1. The summed E-state index contributed by atoms with van der Waals surface area (Å²) in [7, 11) is 0. The van der Waals surface area contributed by atoms with Crippen LogP contribution in [0.3, 0.4) is 0 Å². The number of amides is 2. The van der Waals surface area contributed by atoms with Crippen LogP contribution in [0.15, 0.2) is 48.5 Å². The number of thioether (sulfide) groups is 1. The van der Waals surface area contributed by atoms with Gasteiger partial charge in [0.15, 0.2) is 0 Å². The van der Waals surface area contributed by atoms with Crippen LogP contribution in [-0.2, 0) is 21.9 Å². The summed E-state index contributed by atoms with van der Waals surface area (Å²) in [4.78, 5) is 27.1. The molecule has 0 aliphatic rings. The molecule has 1 unspecified atom stereocenters. The molecule has 7 heteroatoms.